The molecule has 0 spiro atoms. The van der Waals surface area contributed by atoms with Crippen LogP contribution in [0.15, 0.2) is 54.7 Å². The number of nitrogens with zero attached hydrogens (tertiary/aromatic N) is 1. The van der Waals surface area contributed by atoms with E-state index in [9.17, 15) is 4.79 Å². The highest BCUT2D eigenvalue weighted by molar-refractivity contribution is 5.73. The van der Waals surface area contributed by atoms with Gasteiger partial charge in [-0.2, -0.15) is 0 Å². The maximum atomic E-state index is 11.6. The van der Waals surface area contributed by atoms with Gasteiger partial charge in [-0.3, -0.25) is 4.98 Å². The molecule has 5 heteroatoms. The van der Waals surface area contributed by atoms with Crippen molar-refractivity contribution in [2.45, 2.75) is 19.3 Å². The molecule has 0 aliphatic rings. The molecule has 0 radical (unpaired) electrons. The Morgan fingerprint density at radius 1 is 0.917 bits per heavy atom. The molecule has 1 aromatic carbocycles. The highest BCUT2D eigenvalue weighted by atomic mass is 16.5. The Balaban J connectivity index is 1.42. The quantitative estimate of drug-likeness (QED) is 0.659. The summed E-state index contributed by atoms with van der Waals surface area (Å²) < 4.78 is 5.58. The van der Waals surface area contributed by atoms with Crippen molar-refractivity contribution in [2.75, 3.05) is 26.3 Å². The molecule has 2 aromatic rings. The summed E-state index contributed by atoms with van der Waals surface area (Å²) in [4.78, 5) is 15.8. The highest BCUT2D eigenvalue weighted by Crippen LogP contribution is 1.99. The fraction of sp³-hybridized carbons (Fsp3) is 0.368. The first-order chi connectivity index (χ1) is 11.8. The summed E-state index contributed by atoms with van der Waals surface area (Å²) in [6.07, 6.45) is 4.22. The topological polar surface area (TPSA) is 63.2 Å². The lowest BCUT2D eigenvalue weighted by molar-refractivity contribution is 0.135. The van der Waals surface area contributed by atoms with Crippen LogP contribution in [0, 0.1) is 0 Å². The summed E-state index contributed by atoms with van der Waals surface area (Å²) in [6, 6.07) is 15.9. The van der Waals surface area contributed by atoms with Gasteiger partial charge < -0.3 is 15.4 Å². The minimum Gasteiger partial charge on any atom is -0.381 e. The van der Waals surface area contributed by atoms with Crippen molar-refractivity contribution >= 4 is 6.03 Å². The largest absolute Gasteiger partial charge is 0.381 e. The molecule has 2 rings (SSSR count). The van der Waals surface area contributed by atoms with Gasteiger partial charge in [-0.05, 0) is 30.5 Å². The Kier molecular flexibility index (Phi) is 8.36. The number of hydrogen-bond donors (Lipinski definition) is 2. The van der Waals surface area contributed by atoms with Gasteiger partial charge in [0, 0.05) is 38.0 Å². The number of hydrogen-bond acceptors (Lipinski definition) is 3. The van der Waals surface area contributed by atoms with Gasteiger partial charge in [0.05, 0.1) is 6.61 Å². The van der Waals surface area contributed by atoms with Crippen LogP contribution in [-0.4, -0.2) is 37.3 Å². The molecular weight excluding hydrogens is 302 g/mol. The number of nitrogens with one attached hydrogen (secondary N) is 2. The van der Waals surface area contributed by atoms with E-state index in [1.54, 1.807) is 6.20 Å². The molecule has 2 N–H and O–H groups in total. The first-order valence-corrected chi connectivity index (χ1v) is 8.38. The van der Waals surface area contributed by atoms with Crippen LogP contribution in [0.3, 0.4) is 0 Å². The molecule has 0 atom stereocenters. The number of benzene rings is 1. The van der Waals surface area contributed by atoms with Crippen LogP contribution in [-0.2, 0) is 17.6 Å². The molecule has 0 fully saturated rings. The van der Waals surface area contributed by atoms with E-state index in [4.69, 9.17) is 4.74 Å². The third-order valence-corrected chi connectivity index (χ3v) is 3.52. The summed E-state index contributed by atoms with van der Waals surface area (Å²) >= 11 is 0. The molecule has 0 saturated carbocycles. The number of urea groups is 1. The van der Waals surface area contributed by atoms with Gasteiger partial charge in [0.1, 0.15) is 0 Å². The van der Waals surface area contributed by atoms with Crippen LogP contribution < -0.4 is 10.6 Å². The summed E-state index contributed by atoms with van der Waals surface area (Å²) in [7, 11) is 0. The molecule has 1 aromatic heterocycles. The molecule has 0 aliphatic carbocycles. The molecule has 128 valence electrons. The van der Waals surface area contributed by atoms with Crippen molar-refractivity contribution in [1.29, 1.82) is 0 Å². The van der Waals surface area contributed by atoms with Crippen LogP contribution in [0.2, 0.25) is 0 Å². The second-order valence-corrected chi connectivity index (χ2v) is 5.46. The number of pyridine rings is 1. The van der Waals surface area contributed by atoms with Crippen LogP contribution in [0.1, 0.15) is 17.7 Å². The molecule has 24 heavy (non-hydrogen) atoms. The van der Waals surface area contributed by atoms with E-state index < -0.39 is 0 Å². The van der Waals surface area contributed by atoms with E-state index in [-0.39, 0.29) is 6.03 Å². The SMILES string of the molecule is O=C(NCCCOCCc1ccccc1)NCCc1ccccn1. The second kappa shape index (κ2) is 11.2. The highest BCUT2D eigenvalue weighted by Gasteiger charge is 2.00. The maximum absolute atomic E-state index is 11.6. The first kappa shape index (κ1) is 17.9. The summed E-state index contributed by atoms with van der Waals surface area (Å²) in [5, 5.41) is 5.65. The van der Waals surface area contributed by atoms with E-state index >= 15 is 0 Å². The molecular formula is C19H25N3O2. The third-order valence-electron chi connectivity index (χ3n) is 3.52. The fourth-order valence-electron chi connectivity index (χ4n) is 2.23. The standard InChI is InChI=1S/C19H25N3O2/c23-19(22-14-10-18-9-4-5-12-20-18)21-13-6-15-24-16-11-17-7-2-1-3-8-17/h1-5,7-9,12H,6,10-11,13-16H2,(H2,21,22,23). The zero-order chi connectivity index (χ0) is 16.9. The molecule has 1 heterocycles. The molecule has 0 bridgehead atoms. The lowest BCUT2D eigenvalue weighted by atomic mass is 10.2. The summed E-state index contributed by atoms with van der Waals surface area (Å²) in [6.45, 7) is 2.55. The minimum atomic E-state index is -0.143. The third kappa shape index (κ3) is 7.74. The van der Waals surface area contributed by atoms with Crippen molar-refractivity contribution in [1.82, 2.24) is 15.6 Å². The Labute approximate surface area is 143 Å². The number of carbonyl (C=O) groups excluding carboxylic acids is 1. The maximum Gasteiger partial charge on any atom is 0.314 e. The van der Waals surface area contributed by atoms with E-state index in [0.29, 0.717) is 26.3 Å². The predicted octanol–water partition coefficient (Wildman–Crippen LogP) is 2.57. The Morgan fingerprint density at radius 3 is 2.50 bits per heavy atom. The second-order valence-electron chi connectivity index (χ2n) is 5.46. The zero-order valence-corrected chi connectivity index (χ0v) is 13.9. The number of ether oxygens (including phenoxy) is 1. The number of aromatic nitrogens is 1. The van der Waals surface area contributed by atoms with Crippen LogP contribution in [0.5, 0.6) is 0 Å². The Hall–Kier alpha value is -2.40. The van der Waals surface area contributed by atoms with Gasteiger partial charge in [-0.15, -0.1) is 0 Å². The Bertz CT molecular complexity index is 576. The van der Waals surface area contributed by atoms with Gasteiger partial charge in [0.15, 0.2) is 0 Å². The van der Waals surface area contributed by atoms with E-state index in [1.807, 2.05) is 36.4 Å². The lowest BCUT2D eigenvalue weighted by Gasteiger charge is -2.08. The van der Waals surface area contributed by atoms with Crippen molar-refractivity contribution in [3.05, 3.63) is 66.0 Å². The zero-order valence-electron chi connectivity index (χ0n) is 13.9. The lowest BCUT2D eigenvalue weighted by Crippen LogP contribution is -2.37. The fourth-order valence-corrected chi connectivity index (χ4v) is 2.23. The van der Waals surface area contributed by atoms with Crippen LogP contribution >= 0.6 is 0 Å². The van der Waals surface area contributed by atoms with Gasteiger partial charge in [0.25, 0.3) is 0 Å². The van der Waals surface area contributed by atoms with Crippen LogP contribution in [0.25, 0.3) is 0 Å². The first-order valence-electron chi connectivity index (χ1n) is 8.38. The van der Waals surface area contributed by atoms with Crippen LogP contribution in [0.4, 0.5) is 4.79 Å². The Morgan fingerprint density at radius 2 is 1.71 bits per heavy atom. The smallest absolute Gasteiger partial charge is 0.314 e. The molecule has 2 amide bonds. The van der Waals surface area contributed by atoms with Crippen molar-refractivity contribution in [3.8, 4) is 0 Å². The van der Waals surface area contributed by atoms with Crippen molar-refractivity contribution in [3.63, 3.8) is 0 Å². The normalized spacial score (nSPS) is 10.3. The number of amides is 2. The van der Waals surface area contributed by atoms with E-state index in [0.717, 1.165) is 25.0 Å². The minimum absolute atomic E-state index is 0.143. The summed E-state index contributed by atoms with van der Waals surface area (Å²) in [5.74, 6) is 0. The van der Waals surface area contributed by atoms with Crippen molar-refractivity contribution in [2.24, 2.45) is 0 Å². The number of carbonyl (C=O) groups is 1. The molecule has 0 saturated heterocycles. The molecule has 0 unspecified atom stereocenters. The average molecular weight is 327 g/mol. The van der Waals surface area contributed by atoms with Gasteiger partial charge in [-0.1, -0.05) is 36.4 Å². The molecule has 0 aliphatic heterocycles. The summed E-state index contributed by atoms with van der Waals surface area (Å²) in [5.41, 5.74) is 2.26. The predicted molar refractivity (Wildman–Crippen MR) is 94.9 cm³/mol. The van der Waals surface area contributed by atoms with Crippen molar-refractivity contribution < 1.29 is 9.53 Å². The average Bonchev–Trinajstić information content (AvgIpc) is 2.63. The van der Waals surface area contributed by atoms with E-state index in [2.05, 4.69) is 27.8 Å². The van der Waals surface area contributed by atoms with Gasteiger partial charge in [-0.25, -0.2) is 4.79 Å². The van der Waals surface area contributed by atoms with Gasteiger partial charge in [0.2, 0.25) is 0 Å². The number of rotatable bonds is 10. The van der Waals surface area contributed by atoms with E-state index in [1.165, 1.54) is 5.56 Å². The van der Waals surface area contributed by atoms with Gasteiger partial charge >= 0.3 is 6.03 Å². The monoisotopic (exact) mass is 327 g/mol. The molecule has 5 nitrogen and oxygen atoms in total.